The minimum Gasteiger partial charge on any atom is -0.449 e. The predicted molar refractivity (Wildman–Crippen MR) is 86.2 cm³/mol. The number of benzene rings is 1. The van der Waals surface area contributed by atoms with Crippen LogP contribution in [0.15, 0.2) is 41.1 Å². The molecule has 1 N–H and O–H groups in total. The molecule has 114 valence electrons. The van der Waals surface area contributed by atoms with Crippen LogP contribution in [0.5, 0.6) is 0 Å². The summed E-state index contributed by atoms with van der Waals surface area (Å²) in [5.41, 5.74) is 5.41. The van der Waals surface area contributed by atoms with Crippen LogP contribution in [-0.2, 0) is 13.0 Å². The number of aromatic nitrogens is 3. The Morgan fingerprint density at radius 2 is 2.05 bits per heavy atom. The maximum absolute atomic E-state index is 5.23. The highest BCUT2D eigenvalue weighted by molar-refractivity contribution is 5.52. The molecule has 22 heavy (non-hydrogen) atoms. The summed E-state index contributed by atoms with van der Waals surface area (Å²) in [5.74, 6) is 0.683. The normalized spacial score (nSPS) is 10.9. The summed E-state index contributed by atoms with van der Waals surface area (Å²) < 4.78 is 7.23. The van der Waals surface area contributed by atoms with Gasteiger partial charge in [-0.2, -0.15) is 5.10 Å². The number of oxazole rings is 1. The maximum atomic E-state index is 5.23. The average molecular weight is 296 g/mol. The Bertz CT molecular complexity index is 773. The van der Waals surface area contributed by atoms with E-state index < -0.39 is 0 Å². The fourth-order valence-electron chi connectivity index (χ4n) is 2.55. The van der Waals surface area contributed by atoms with Crippen LogP contribution >= 0.6 is 0 Å². The van der Waals surface area contributed by atoms with Gasteiger partial charge in [-0.15, -0.1) is 0 Å². The molecule has 0 spiro atoms. The summed E-state index contributed by atoms with van der Waals surface area (Å²) in [5, 5.41) is 7.94. The van der Waals surface area contributed by atoms with E-state index in [4.69, 9.17) is 4.42 Å². The molecule has 5 nitrogen and oxygen atoms in total. The summed E-state index contributed by atoms with van der Waals surface area (Å²) >= 11 is 0. The molecule has 1 aromatic carbocycles. The van der Waals surface area contributed by atoms with Crippen molar-refractivity contribution >= 4 is 5.69 Å². The Morgan fingerprint density at radius 3 is 2.73 bits per heavy atom. The number of para-hydroxylation sites is 1. The first kappa shape index (κ1) is 14.4. The molecule has 3 rings (SSSR count). The van der Waals surface area contributed by atoms with Crippen molar-refractivity contribution in [2.24, 2.45) is 0 Å². The third-order valence-corrected chi connectivity index (χ3v) is 3.67. The van der Waals surface area contributed by atoms with Crippen LogP contribution in [0, 0.1) is 13.8 Å². The average Bonchev–Trinajstić information content (AvgIpc) is 3.11. The molecule has 5 heteroatoms. The highest BCUT2D eigenvalue weighted by atomic mass is 16.3. The van der Waals surface area contributed by atoms with E-state index in [-0.39, 0.29) is 0 Å². The van der Waals surface area contributed by atoms with Gasteiger partial charge < -0.3 is 9.73 Å². The number of rotatable bonds is 5. The predicted octanol–water partition coefficient (Wildman–Crippen LogP) is 3.65. The standard InChI is InChI=1S/C17H20N4O/c1-4-16-15(18-9-14-11-22-13(3)20-14)10-19-21(16)17-8-6-5-7-12(17)2/h5-8,10-11,18H,4,9H2,1-3H3. The Labute approximate surface area is 130 Å². The quantitative estimate of drug-likeness (QED) is 0.781. The van der Waals surface area contributed by atoms with Crippen molar-refractivity contribution in [1.29, 1.82) is 0 Å². The van der Waals surface area contributed by atoms with Gasteiger partial charge >= 0.3 is 0 Å². The first-order valence-corrected chi connectivity index (χ1v) is 7.46. The summed E-state index contributed by atoms with van der Waals surface area (Å²) in [6.07, 6.45) is 4.45. The third kappa shape index (κ3) is 2.74. The van der Waals surface area contributed by atoms with Gasteiger partial charge in [-0.05, 0) is 25.0 Å². The second kappa shape index (κ2) is 6.05. The van der Waals surface area contributed by atoms with Crippen LogP contribution in [0.25, 0.3) is 5.69 Å². The summed E-state index contributed by atoms with van der Waals surface area (Å²) in [6.45, 7) is 6.71. The minimum absolute atomic E-state index is 0.629. The number of nitrogens with one attached hydrogen (secondary N) is 1. The molecule has 0 aliphatic carbocycles. The molecule has 0 saturated heterocycles. The van der Waals surface area contributed by atoms with Crippen LogP contribution in [0.2, 0.25) is 0 Å². The van der Waals surface area contributed by atoms with Crippen molar-refractivity contribution < 1.29 is 4.42 Å². The van der Waals surface area contributed by atoms with E-state index in [1.807, 2.05) is 29.9 Å². The van der Waals surface area contributed by atoms with Gasteiger partial charge in [0.1, 0.15) is 6.26 Å². The van der Waals surface area contributed by atoms with E-state index in [0.29, 0.717) is 12.4 Å². The number of hydrogen-bond donors (Lipinski definition) is 1. The first-order chi connectivity index (χ1) is 10.7. The van der Waals surface area contributed by atoms with E-state index in [1.165, 1.54) is 5.56 Å². The van der Waals surface area contributed by atoms with Crippen molar-refractivity contribution in [3.63, 3.8) is 0 Å². The van der Waals surface area contributed by atoms with Gasteiger partial charge in [0.15, 0.2) is 5.89 Å². The highest BCUT2D eigenvalue weighted by Gasteiger charge is 2.12. The molecular formula is C17H20N4O. The van der Waals surface area contributed by atoms with Gasteiger partial charge in [-0.3, -0.25) is 0 Å². The number of nitrogens with zero attached hydrogens (tertiary/aromatic N) is 3. The van der Waals surface area contributed by atoms with Gasteiger partial charge in [0.25, 0.3) is 0 Å². The zero-order valence-electron chi connectivity index (χ0n) is 13.1. The molecule has 2 heterocycles. The Morgan fingerprint density at radius 1 is 1.23 bits per heavy atom. The lowest BCUT2D eigenvalue weighted by atomic mass is 10.2. The number of anilines is 1. The van der Waals surface area contributed by atoms with Crippen LogP contribution in [0.4, 0.5) is 5.69 Å². The molecule has 0 unspecified atom stereocenters. The molecule has 0 fully saturated rings. The van der Waals surface area contributed by atoms with Crippen molar-refractivity contribution in [3.05, 3.63) is 59.6 Å². The van der Waals surface area contributed by atoms with Gasteiger partial charge in [-0.25, -0.2) is 9.67 Å². The van der Waals surface area contributed by atoms with Gasteiger partial charge in [0.2, 0.25) is 0 Å². The van der Waals surface area contributed by atoms with E-state index in [2.05, 4.69) is 41.4 Å². The lowest BCUT2D eigenvalue weighted by Gasteiger charge is -2.11. The SMILES string of the molecule is CCc1c(NCc2coc(C)n2)cnn1-c1ccccc1C. The lowest BCUT2D eigenvalue weighted by molar-refractivity contribution is 0.520. The smallest absolute Gasteiger partial charge is 0.191 e. The van der Waals surface area contributed by atoms with E-state index in [9.17, 15) is 0 Å². The monoisotopic (exact) mass is 296 g/mol. The lowest BCUT2D eigenvalue weighted by Crippen LogP contribution is -2.06. The van der Waals surface area contributed by atoms with Crippen molar-refractivity contribution in [2.75, 3.05) is 5.32 Å². The number of aryl methyl sites for hydroxylation is 2. The zero-order valence-corrected chi connectivity index (χ0v) is 13.1. The van der Waals surface area contributed by atoms with Crippen LogP contribution in [-0.4, -0.2) is 14.8 Å². The maximum Gasteiger partial charge on any atom is 0.191 e. The summed E-state index contributed by atoms with van der Waals surface area (Å²) in [4.78, 5) is 4.30. The molecule has 0 amide bonds. The molecule has 0 atom stereocenters. The topological polar surface area (TPSA) is 55.9 Å². The second-order valence-electron chi connectivity index (χ2n) is 5.27. The third-order valence-electron chi connectivity index (χ3n) is 3.67. The van der Waals surface area contributed by atoms with Crippen LogP contribution in [0.1, 0.15) is 29.8 Å². The highest BCUT2D eigenvalue weighted by Crippen LogP contribution is 2.22. The minimum atomic E-state index is 0.629. The Balaban J connectivity index is 1.86. The second-order valence-corrected chi connectivity index (χ2v) is 5.27. The molecule has 0 saturated carbocycles. The molecule has 3 aromatic rings. The molecule has 0 radical (unpaired) electrons. The Kier molecular flexibility index (Phi) is 3.96. The molecule has 0 aliphatic heterocycles. The van der Waals surface area contributed by atoms with Crippen LogP contribution in [0.3, 0.4) is 0 Å². The molecular weight excluding hydrogens is 276 g/mol. The van der Waals surface area contributed by atoms with Gasteiger partial charge in [-0.1, -0.05) is 25.1 Å². The zero-order chi connectivity index (χ0) is 15.5. The van der Waals surface area contributed by atoms with Gasteiger partial charge in [0, 0.05) is 6.92 Å². The van der Waals surface area contributed by atoms with Crippen molar-refractivity contribution in [3.8, 4) is 5.69 Å². The molecule has 0 bridgehead atoms. The van der Waals surface area contributed by atoms with E-state index >= 15 is 0 Å². The summed E-state index contributed by atoms with van der Waals surface area (Å²) in [7, 11) is 0. The molecule has 0 aliphatic rings. The van der Waals surface area contributed by atoms with Gasteiger partial charge in [0.05, 0.1) is 35.5 Å². The molecule has 2 aromatic heterocycles. The fraction of sp³-hybridized carbons (Fsp3) is 0.294. The first-order valence-electron chi connectivity index (χ1n) is 7.46. The van der Waals surface area contributed by atoms with E-state index in [1.54, 1.807) is 6.26 Å². The fourth-order valence-corrected chi connectivity index (χ4v) is 2.55. The summed E-state index contributed by atoms with van der Waals surface area (Å²) in [6, 6.07) is 8.27. The van der Waals surface area contributed by atoms with Crippen molar-refractivity contribution in [2.45, 2.75) is 33.7 Å². The van der Waals surface area contributed by atoms with Crippen molar-refractivity contribution in [1.82, 2.24) is 14.8 Å². The van der Waals surface area contributed by atoms with Crippen LogP contribution < -0.4 is 5.32 Å². The Hall–Kier alpha value is -2.56. The largest absolute Gasteiger partial charge is 0.449 e. The van der Waals surface area contributed by atoms with E-state index in [0.717, 1.165) is 29.2 Å². The number of hydrogen-bond acceptors (Lipinski definition) is 4.